The van der Waals surface area contributed by atoms with Crippen molar-refractivity contribution in [2.45, 2.75) is 26.2 Å². The van der Waals surface area contributed by atoms with Crippen LogP contribution in [0.25, 0.3) is 0 Å². The number of ether oxygens (including phenoxy) is 1. The Labute approximate surface area is 117 Å². The monoisotopic (exact) mass is 268 g/mol. The first kappa shape index (κ1) is 12.7. The molecule has 1 aliphatic heterocycles. The smallest absolute Gasteiger partial charge is 0.323 e. The second-order valence-corrected chi connectivity index (χ2v) is 5.06. The molecule has 1 unspecified atom stereocenters. The molecular weight excluding hydrogens is 252 g/mol. The predicted molar refractivity (Wildman–Crippen MR) is 76.1 cm³/mol. The van der Waals surface area contributed by atoms with E-state index in [1.807, 2.05) is 44.2 Å². The van der Waals surface area contributed by atoms with Crippen LogP contribution >= 0.6 is 0 Å². The number of phenolic OH excluding ortho intramolecular Hbond substituents is 1. The lowest BCUT2D eigenvalue weighted by Gasteiger charge is -2.11. The van der Waals surface area contributed by atoms with E-state index in [2.05, 4.69) is 0 Å². The van der Waals surface area contributed by atoms with Crippen LogP contribution < -0.4 is 4.74 Å². The van der Waals surface area contributed by atoms with Crippen LogP contribution in [-0.4, -0.2) is 11.1 Å². The zero-order valence-corrected chi connectivity index (χ0v) is 11.5. The van der Waals surface area contributed by atoms with Crippen LogP contribution in [0.2, 0.25) is 0 Å². The Morgan fingerprint density at radius 3 is 2.60 bits per heavy atom. The number of aryl methyl sites for hydroxylation is 2. The van der Waals surface area contributed by atoms with Gasteiger partial charge in [0.15, 0.2) is 0 Å². The van der Waals surface area contributed by atoms with Crippen LogP contribution in [0.15, 0.2) is 36.4 Å². The number of phenols is 1. The van der Waals surface area contributed by atoms with Crippen molar-refractivity contribution in [3.8, 4) is 11.5 Å². The molecule has 0 aromatic heterocycles. The summed E-state index contributed by atoms with van der Waals surface area (Å²) in [5, 5.41) is 10.2. The fourth-order valence-electron chi connectivity index (χ4n) is 2.73. The molecule has 0 aliphatic carbocycles. The lowest BCUT2D eigenvalue weighted by atomic mass is 9.89. The topological polar surface area (TPSA) is 46.5 Å². The van der Waals surface area contributed by atoms with Crippen LogP contribution in [-0.2, 0) is 11.2 Å². The van der Waals surface area contributed by atoms with Crippen molar-refractivity contribution in [2.75, 3.05) is 0 Å². The second kappa shape index (κ2) is 4.67. The highest BCUT2D eigenvalue weighted by molar-refractivity contribution is 5.90. The van der Waals surface area contributed by atoms with Gasteiger partial charge in [0.05, 0.1) is 0 Å². The maximum atomic E-state index is 12.2. The molecule has 0 radical (unpaired) electrons. The maximum Gasteiger partial charge on any atom is 0.323 e. The number of aromatic hydroxyl groups is 1. The Morgan fingerprint density at radius 1 is 1.15 bits per heavy atom. The number of esters is 1. The van der Waals surface area contributed by atoms with Crippen molar-refractivity contribution < 1.29 is 14.6 Å². The van der Waals surface area contributed by atoms with Crippen molar-refractivity contribution in [1.29, 1.82) is 0 Å². The van der Waals surface area contributed by atoms with Crippen molar-refractivity contribution in [3.63, 3.8) is 0 Å². The van der Waals surface area contributed by atoms with E-state index in [1.54, 1.807) is 6.07 Å². The van der Waals surface area contributed by atoms with E-state index in [0.29, 0.717) is 11.3 Å². The molecule has 0 spiro atoms. The van der Waals surface area contributed by atoms with E-state index < -0.39 is 5.92 Å². The van der Waals surface area contributed by atoms with Crippen LogP contribution in [0.5, 0.6) is 11.5 Å². The van der Waals surface area contributed by atoms with Crippen molar-refractivity contribution in [1.82, 2.24) is 0 Å². The number of hydrogen-bond donors (Lipinski definition) is 1. The van der Waals surface area contributed by atoms with Crippen molar-refractivity contribution in [2.24, 2.45) is 0 Å². The van der Waals surface area contributed by atoms with Gasteiger partial charge in [0, 0.05) is 11.1 Å². The Hall–Kier alpha value is -2.29. The minimum absolute atomic E-state index is 0.171. The molecule has 2 aromatic carbocycles. The predicted octanol–water partition coefficient (Wildman–Crippen LogP) is 3.31. The number of benzene rings is 2. The third-order valence-electron chi connectivity index (χ3n) is 3.84. The van der Waals surface area contributed by atoms with Crippen LogP contribution in [0.3, 0.4) is 0 Å². The van der Waals surface area contributed by atoms with E-state index >= 15 is 0 Å². The van der Waals surface area contributed by atoms with Gasteiger partial charge in [0.1, 0.15) is 17.4 Å². The van der Waals surface area contributed by atoms with Gasteiger partial charge in [-0.1, -0.05) is 43.3 Å². The fourth-order valence-corrected chi connectivity index (χ4v) is 2.73. The quantitative estimate of drug-likeness (QED) is 0.671. The van der Waals surface area contributed by atoms with Gasteiger partial charge in [-0.15, -0.1) is 0 Å². The molecule has 2 aromatic rings. The molecule has 3 nitrogen and oxygen atoms in total. The summed E-state index contributed by atoms with van der Waals surface area (Å²) < 4.78 is 5.44. The lowest BCUT2D eigenvalue weighted by molar-refractivity contribution is -0.133. The van der Waals surface area contributed by atoms with E-state index in [4.69, 9.17) is 4.74 Å². The normalized spacial score (nSPS) is 16.9. The Balaban J connectivity index is 2.18. The molecule has 0 bridgehead atoms. The Kier molecular flexibility index (Phi) is 2.97. The van der Waals surface area contributed by atoms with Gasteiger partial charge in [0.25, 0.3) is 0 Å². The van der Waals surface area contributed by atoms with E-state index in [0.717, 1.165) is 23.1 Å². The molecule has 3 heteroatoms. The summed E-state index contributed by atoms with van der Waals surface area (Å²) in [7, 11) is 0. The number of carbonyl (C=O) groups is 1. The zero-order chi connectivity index (χ0) is 14.3. The summed E-state index contributed by atoms with van der Waals surface area (Å²) in [6, 6.07) is 11.2. The minimum Gasteiger partial charge on any atom is -0.507 e. The summed E-state index contributed by atoms with van der Waals surface area (Å²) in [5.74, 6) is -0.0201. The van der Waals surface area contributed by atoms with Gasteiger partial charge in [-0.25, -0.2) is 0 Å². The van der Waals surface area contributed by atoms with Crippen LogP contribution in [0.4, 0.5) is 0 Å². The van der Waals surface area contributed by atoms with Gasteiger partial charge in [-0.3, -0.25) is 4.79 Å². The fraction of sp³-hybridized carbons (Fsp3) is 0.235. The molecule has 0 fully saturated rings. The molecule has 1 N–H and O–H groups in total. The molecule has 1 aliphatic rings. The second-order valence-electron chi connectivity index (χ2n) is 5.06. The van der Waals surface area contributed by atoms with E-state index in [-0.39, 0.29) is 11.7 Å². The van der Waals surface area contributed by atoms with Gasteiger partial charge in [0.2, 0.25) is 0 Å². The first-order valence-electron chi connectivity index (χ1n) is 6.75. The number of rotatable bonds is 2. The molecule has 3 rings (SSSR count). The first-order chi connectivity index (χ1) is 9.63. The Morgan fingerprint density at radius 2 is 1.85 bits per heavy atom. The molecule has 20 heavy (non-hydrogen) atoms. The summed E-state index contributed by atoms with van der Waals surface area (Å²) >= 11 is 0. The maximum absolute atomic E-state index is 12.2. The summed E-state index contributed by atoms with van der Waals surface area (Å²) in [6.07, 6.45) is 0.809. The van der Waals surface area contributed by atoms with Crippen molar-refractivity contribution in [3.05, 3.63) is 58.7 Å². The number of fused-ring (bicyclic) bond motifs is 1. The van der Waals surface area contributed by atoms with Gasteiger partial charge in [-0.2, -0.15) is 0 Å². The largest absolute Gasteiger partial charge is 0.507 e. The molecule has 0 saturated heterocycles. The SMILES string of the molecule is CCc1cccc2c1OC(=O)C2c1cccc(C)c1O. The zero-order valence-electron chi connectivity index (χ0n) is 11.5. The van der Waals surface area contributed by atoms with Gasteiger partial charge >= 0.3 is 5.97 Å². The molecular formula is C17H16O3. The third-order valence-corrected chi connectivity index (χ3v) is 3.84. The summed E-state index contributed by atoms with van der Waals surface area (Å²) in [6.45, 7) is 3.85. The van der Waals surface area contributed by atoms with Gasteiger partial charge in [-0.05, 0) is 24.5 Å². The van der Waals surface area contributed by atoms with E-state index in [1.165, 1.54) is 0 Å². The number of para-hydroxylation sites is 2. The van der Waals surface area contributed by atoms with Crippen molar-refractivity contribution >= 4 is 5.97 Å². The molecule has 1 heterocycles. The summed E-state index contributed by atoms with van der Waals surface area (Å²) in [4.78, 5) is 12.2. The standard InChI is InChI=1S/C17H16O3/c1-3-11-7-5-9-13-14(17(19)20-16(11)13)12-8-4-6-10(2)15(12)18/h4-9,14,18H,3H2,1-2H3. The molecule has 102 valence electrons. The molecule has 1 atom stereocenters. The highest BCUT2D eigenvalue weighted by atomic mass is 16.5. The van der Waals surface area contributed by atoms with Crippen LogP contribution in [0, 0.1) is 6.92 Å². The highest BCUT2D eigenvalue weighted by Crippen LogP contribution is 2.44. The number of carbonyl (C=O) groups excluding carboxylic acids is 1. The summed E-state index contributed by atoms with van der Waals surface area (Å²) in [5.41, 5.74) is 3.23. The highest BCUT2D eigenvalue weighted by Gasteiger charge is 2.37. The average molecular weight is 268 g/mol. The van der Waals surface area contributed by atoms with E-state index in [9.17, 15) is 9.90 Å². The third kappa shape index (κ3) is 1.78. The first-order valence-corrected chi connectivity index (χ1v) is 6.75. The van der Waals surface area contributed by atoms with Gasteiger partial charge < -0.3 is 9.84 Å². The number of hydrogen-bond acceptors (Lipinski definition) is 3. The minimum atomic E-state index is -0.531. The van der Waals surface area contributed by atoms with Crippen LogP contribution in [0.1, 0.15) is 35.1 Å². The molecule has 0 amide bonds. The lowest BCUT2D eigenvalue weighted by Crippen LogP contribution is -2.11. The average Bonchev–Trinajstić information content (AvgIpc) is 2.78. The Bertz CT molecular complexity index is 689. The molecule has 0 saturated carbocycles.